The van der Waals surface area contributed by atoms with Crippen molar-refractivity contribution in [2.24, 2.45) is 10.8 Å². The van der Waals surface area contributed by atoms with E-state index in [0.717, 1.165) is 44.9 Å². The molecule has 11 nitrogen and oxygen atoms in total. The predicted molar refractivity (Wildman–Crippen MR) is 136 cm³/mol. The van der Waals surface area contributed by atoms with E-state index in [1.807, 2.05) is 0 Å². The molecule has 200 valence electrons. The highest BCUT2D eigenvalue weighted by Gasteiger charge is 2.50. The van der Waals surface area contributed by atoms with Crippen molar-refractivity contribution in [2.75, 3.05) is 30.9 Å². The number of hydrogen-bond acceptors (Lipinski definition) is 8. The van der Waals surface area contributed by atoms with Gasteiger partial charge in [-0.3, -0.25) is 19.2 Å². The van der Waals surface area contributed by atoms with Crippen LogP contribution in [-0.4, -0.2) is 53.9 Å². The van der Waals surface area contributed by atoms with Crippen molar-refractivity contribution in [3.05, 3.63) is 41.9 Å². The third-order valence-corrected chi connectivity index (χ3v) is 8.08. The standard InChI is InChI=1S/C27H31N5O6/c1-37-25(36)27-6-2-5-26(7-9-27,8-10-27)15-28-24(35)19-13-21(30-16-29-19)32-22(33)12-17-3-4-20-18(11-17)31-23(34)14-38-20/h3-4,11,13,16H,2,5-10,12,14-15H2,1H3,(H,28,35)(H,31,34)(H,29,30,32,33). The summed E-state index contributed by atoms with van der Waals surface area (Å²) in [5.74, 6) is -0.247. The molecule has 38 heavy (non-hydrogen) atoms. The van der Waals surface area contributed by atoms with E-state index < -0.39 is 0 Å². The summed E-state index contributed by atoms with van der Waals surface area (Å²) >= 11 is 0. The third-order valence-electron chi connectivity index (χ3n) is 8.08. The number of esters is 1. The molecule has 11 heteroatoms. The van der Waals surface area contributed by atoms with E-state index in [9.17, 15) is 19.2 Å². The number of methoxy groups -OCH3 is 1. The minimum absolute atomic E-state index is 0.0342. The number of nitrogens with one attached hydrogen (secondary N) is 3. The van der Waals surface area contributed by atoms with Gasteiger partial charge in [-0.2, -0.15) is 0 Å². The minimum Gasteiger partial charge on any atom is -0.482 e. The van der Waals surface area contributed by atoms with Crippen LogP contribution in [0, 0.1) is 10.8 Å². The van der Waals surface area contributed by atoms with Crippen LogP contribution in [0.25, 0.3) is 0 Å². The van der Waals surface area contributed by atoms with Gasteiger partial charge >= 0.3 is 5.97 Å². The number of ether oxygens (including phenoxy) is 2. The largest absolute Gasteiger partial charge is 0.482 e. The minimum atomic E-state index is -0.376. The lowest BCUT2D eigenvalue weighted by Gasteiger charge is -2.41. The molecule has 2 heterocycles. The molecule has 1 aliphatic heterocycles. The van der Waals surface area contributed by atoms with Crippen LogP contribution in [-0.2, 0) is 25.5 Å². The summed E-state index contributed by atoms with van der Waals surface area (Å²) < 4.78 is 10.4. The Balaban J connectivity index is 1.17. The molecule has 2 aromatic rings. The van der Waals surface area contributed by atoms with Gasteiger partial charge in [-0.15, -0.1) is 0 Å². The van der Waals surface area contributed by atoms with Crippen LogP contribution in [0.2, 0.25) is 0 Å². The molecular formula is C27H31N5O6. The summed E-state index contributed by atoms with van der Waals surface area (Å²) in [7, 11) is 1.45. The Labute approximate surface area is 220 Å². The number of carbonyl (C=O) groups is 4. The first-order valence-electron chi connectivity index (χ1n) is 12.8. The van der Waals surface area contributed by atoms with Crippen molar-refractivity contribution >= 4 is 35.2 Å². The summed E-state index contributed by atoms with van der Waals surface area (Å²) in [4.78, 5) is 57.6. The SMILES string of the molecule is COC(=O)C12CCCC(CNC(=O)c3cc(NC(=O)Cc4ccc5c(c4)NC(=O)CO5)ncn3)(CC1)CC2. The van der Waals surface area contributed by atoms with Gasteiger partial charge in [0.05, 0.1) is 24.6 Å². The Morgan fingerprint density at radius 3 is 2.68 bits per heavy atom. The summed E-state index contributed by atoms with van der Waals surface area (Å²) in [6, 6.07) is 6.60. The second-order valence-electron chi connectivity index (χ2n) is 10.5. The molecule has 0 unspecified atom stereocenters. The maximum Gasteiger partial charge on any atom is 0.311 e. The fraction of sp³-hybridized carbons (Fsp3) is 0.481. The molecular weight excluding hydrogens is 490 g/mol. The Morgan fingerprint density at radius 2 is 1.89 bits per heavy atom. The Kier molecular flexibility index (Phi) is 7.00. The zero-order chi connectivity index (χ0) is 26.8. The molecule has 0 saturated heterocycles. The molecule has 2 bridgehead atoms. The van der Waals surface area contributed by atoms with E-state index in [4.69, 9.17) is 9.47 Å². The number of benzene rings is 1. The molecule has 1 aromatic heterocycles. The first-order valence-corrected chi connectivity index (χ1v) is 12.8. The van der Waals surface area contributed by atoms with Crippen molar-refractivity contribution in [3.63, 3.8) is 0 Å². The third kappa shape index (κ3) is 5.32. The van der Waals surface area contributed by atoms with Gasteiger partial charge in [-0.1, -0.05) is 12.5 Å². The van der Waals surface area contributed by atoms with Gasteiger partial charge in [0.2, 0.25) is 5.91 Å². The van der Waals surface area contributed by atoms with Gasteiger partial charge in [0.1, 0.15) is 23.6 Å². The van der Waals surface area contributed by atoms with E-state index in [1.165, 1.54) is 19.5 Å². The van der Waals surface area contributed by atoms with Crippen molar-refractivity contribution in [3.8, 4) is 5.75 Å². The van der Waals surface area contributed by atoms with Gasteiger partial charge < -0.3 is 25.4 Å². The number of carbonyl (C=O) groups excluding carboxylic acids is 4. The highest BCUT2D eigenvalue weighted by molar-refractivity contribution is 5.97. The molecule has 3 aliphatic carbocycles. The van der Waals surface area contributed by atoms with Crippen LogP contribution in [0.1, 0.15) is 61.0 Å². The number of rotatable bonds is 7. The number of hydrogen-bond donors (Lipinski definition) is 3. The summed E-state index contributed by atoms with van der Waals surface area (Å²) in [5.41, 5.74) is 0.959. The smallest absolute Gasteiger partial charge is 0.311 e. The van der Waals surface area contributed by atoms with Crippen molar-refractivity contribution < 1.29 is 28.7 Å². The first-order chi connectivity index (χ1) is 18.3. The number of aromatic nitrogens is 2. The number of nitrogens with zero attached hydrogens (tertiary/aromatic N) is 2. The van der Waals surface area contributed by atoms with Crippen molar-refractivity contribution in [2.45, 2.75) is 51.4 Å². The lowest BCUT2D eigenvalue weighted by atomic mass is 9.65. The van der Waals surface area contributed by atoms with Crippen LogP contribution in [0.3, 0.4) is 0 Å². The maximum absolute atomic E-state index is 12.9. The van der Waals surface area contributed by atoms with Gasteiger partial charge in [0.15, 0.2) is 6.61 Å². The van der Waals surface area contributed by atoms with E-state index in [0.29, 0.717) is 23.5 Å². The van der Waals surface area contributed by atoms with E-state index in [2.05, 4.69) is 25.9 Å². The second-order valence-corrected chi connectivity index (χ2v) is 10.5. The van der Waals surface area contributed by atoms with Crippen LogP contribution >= 0.6 is 0 Å². The molecule has 0 atom stereocenters. The van der Waals surface area contributed by atoms with Gasteiger partial charge in [-0.25, -0.2) is 9.97 Å². The lowest BCUT2D eigenvalue weighted by Crippen LogP contribution is -2.43. The van der Waals surface area contributed by atoms with Crippen LogP contribution in [0.15, 0.2) is 30.6 Å². The molecule has 3 amide bonds. The highest BCUT2D eigenvalue weighted by atomic mass is 16.5. The Hall–Kier alpha value is -4.02. The van der Waals surface area contributed by atoms with Crippen LogP contribution in [0.4, 0.5) is 11.5 Å². The topological polar surface area (TPSA) is 149 Å². The summed E-state index contributed by atoms with van der Waals surface area (Å²) in [6.07, 6.45) is 7.30. The normalized spacial score (nSPS) is 23.8. The van der Waals surface area contributed by atoms with Crippen molar-refractivity contribution in [1.82, 2.24) is 15.3 Å². The maximum atomic E-state index is 12.9. The predicted octanol–water partition coefficient (Wildman–Crippen LogP) is 2.62. The monoisotopic (exact) mass is 521 g/mol. The first kappa shape index (κ1) is 25.6. The number of fused-ring (bicyclic) bond motifs is 5. The lowest BCUT2D eigenvalue weighted by molar-refractivity contribution is -0.156. The van der Waals surface area contributed by atoms with Crippen LogP contribution < -0.4 is 20.7 Å². The van der Waals surface area contributed by atoms with Gasteiger partial charge in [0.25, 0.3) is 11.8 Å². The van der Waals surface area contributed by atoms with Crippen LogP contribution in [0.5, 0.6) is 5.75 Å². The van der Waals surface area contributed by atoms with Gasteiger partial charge in [-0.05, 0) is 61.6 Å². The van der Waals surface area contributed by atoms with E-state index in [-0.39, 0.29) is 59.1 Å². The zero-order valence-electron chi connectivity index (χ0n) is 21.3. The average Bonchev–Trinajstić information content (AvgIpc) is 3.23. The summed E-state index contributed by atoms with van der Waals surface area (Å²) in [5, 5.41) is 8.44. The second kappa shape index (κ2) is 10.4. The molecule has 3 saturated carbocycles. The molecule has 0 radical (unpaired) electrons. The fourth-order valence-corrected chi connectivity index (χ4v) is 5.87. The Morgan fingerprint density at radius 1 is 1.08 bits per heavy atom. The molecule has 3 N–H and O–H groups in total. The number of anilines is 2. The van der Waals surface area contributed by atoms with E-state index in [1.54, 1.807) is 18.2 Å². The highest BCUT2D eigenvalue weighted by Crippen LogP contribution is 2.54. The Bertz CT molecular complexity index is 1270. The summed E-state index contributed by atoms with van der Waals surface area (Å²) in [6.45, 7) is 0.473. The van der Waals surface area contributed by atoms with Crippen molar-refractivity contribution in [1.29, 1.82) is 0 Å². The molecule has 0 spiro atoms. The fourth-order valence-electron chi connectivity index (χ4n) is 5.87. The average molecular weight is 522 g/mol. The van der Waals surface area contributed by atoms with Gasteiger partial charge in [0, 0.05) is 12.6 Å². The molecule has 3 fully saturated rings. The number of amides is 3. The zero-order valence-corrected chi connectivity index (χ0v) is 21.3. The molecule has 1 aromatic carbocycles. The molecule has 6 rings (SSSR count). The quantitative estimate of drug-likeness (QED) is 0.471. The molecule has 4 aliphatic rings. The van der Waals surface area contributed by atoms with E-state index >= 15 is 0 Å².